The number of hydrogen-bond donors (Lipinski definition) is 0. The van der Waals surface area contributed by atoms with Gasteiger partial charge in [-0.3, -0.25) is 0 Å². The quantitative estimate of drug-likeness (QED) is 0.333. The van der Waals surface area contributed by atoms with Crippen molar-refractivity contribution in [3.63, 3.8) is 0 Å². The maximum absolute atomic E-state index is 14.2. The Morgan fingerprint density at radius 3 is 2.38 bits per heavy atom. The molecule has 0 radical (unpaired) electrons. The van der Waals surface area contributed by atoms with E-state index in [1.54, 1.807) is 0 Å². The zero-order valence-electron chi connectivity index (χ0n) is 14.3. The van der Waals surface area contributed by atoms with Gasteiger partial charge in [0, 0.05) is 11.9 Å². The van der Waals surface area contributed by atoms with Crippen molar-refractivity contribution >= 4 is 26.0 Å². The molecule has 0 bridgehead atoms. The van der Waals surface area contributed by atoms with Gasteiger partial charge >= 0.3 is 6.18 Å². The van der Waals surface area contributed by atoms with Crippen LogP contribution in [0.4, 0.5) is 22.0 Å². The summed E-state index contributed by atoms with van der Waals surface area (Å²) in [5.74, 6) is -2.05. The molecule has 2 rings (SSSR count). The average molecular weight is 461 g/mol. The lowest BCUT2D eigenvalue weighted by Gasteiger charge is -2.24. The summed E-state index contributed by atoms with van der Waals surface area (Å²) in [5, 5.41) is 0. The molecule has 0 saturated carbocycles. The Hall–Kier alpha value is -1.13. The molecule has 10 heteroatoms. The van der Waals surface area contributed by atoms with Crippen LogP contribution in [0.3, 0.4) is 0 Å². The third-order valence-corrected chi connectivity index (χ3v) is 5.42. The van der Waals surface area contributed by atoms with Gasteiger partial charge in [-0.2, -0.15) is 13.2 Å². The standard InChI is InChI=1S/C16H18BrF5N2OS/c1-26(2,3)7-6-25-9-24-8-12(16(20,21)22)23-15(24)10-4-5-11(17)14(19)13(10)18/h4-5,8H,6-7,9H2,1-3H3. The van der Waals surface area contributed by atoms with Crippen molar-refractivity contribution in [1.29, 1.82) is 0 Å². The van der Waals surface area contributed by atoms with Crippen molar-refractivity contribution in [2.45, 2.75) is 12.9 Å². The first-order valence-electron chi connectivity index (χ1n) is 7.42. The van der Waals surface area contributed by atoms with Gasteiger partial charge < -0.3 is 9.30 Å². The third kappa shape index (κ3) is 5.20. The van der Waals surface area contributed by atoms with Gasteiger partial charge in [0.15, 0.2) is 17.3 Å². The van der Waals surface area contributed by atoms with E-state index in [1.165, 1.54) is 12.1 Å². The van der Waals surface area contributed by atoms with Crippen LogP contribution in [0, 0.1) is 11.6 Å². The van der Waals surface area contributed by atoms with Gasteiger partial charge in [-0.05, 0) is 46.8 Å². The Morgan fingerprint density at radius 2 is 1.81 bits per heavy atom. The van der Waals surface area contributed by atoms with Crippen molar-refractivity contribution < 1.29 is 26.7 Å². The molecule has 1 heterocycles. The Labute approximate surface area is 158 Å². The normalized spacial score (nSPS) is 13.3. The highest BCUT2D eigenvalue weighted by Crippen LogP contribution is 2.35. The molecule has 0 unspecified atom stereocenters. The lowest BCUT2D eigenvalue weighted by atomic mass is 10.2. The summed E-state index contributed by atoms with van der Waals surface area (Å²) in [5.41, 5.74) is -1.56. The molecule has 0 aliphatic heterocycles. The second kappa shape index (κ2) is 7.85. The van der Waals surface area contributed by atoms with Crippen molar-refractivity contribution in [2.75, 3.05) is 31.1 Å². The molecule has 0 spiro atoms. The van der Waals surface area contributed by atoms with Crippen molar-refractivity contribution in [3.8, 4) is 11.4 Å². The number of halogens is 6. The molecular weight excluding hydrogens is 443 g/mol. The molecule has 0 amide bonds. The number of nitrogens with zero attached hydrogens (tertiary/aromatic N) is 2. The van der Waals surface area contributed by atoms with E-state index in [2.05, 4.69) is 39.7 Å². The first kappa shape index (κ1) is 21.2. The summed E-state index contributed by atoms with van der Waals surface area (Å²) < 4.78 is 73.3. The van der Waals surface area contributed by atoms with E-state index < -0.39 is 33.5 Å². The van der Waals surface area contributed by atoms with E-state index in [1.807, 2.05) is 0 Å². The predicted molar refractivity (Wildman–Crippen MR) is 96.5 cm³/mol. The van der Waals surface area contributed by atoms with E-state index in [0.717, 1.165) is 16.5 Å². The SMILES string of the molecule is CS(C)(C)CCOCn1cc(C(F)(F)F)nc1-c1ccc(Br)c(F)c1F. The minimum atomic E-state index is -4.71. The van der Waals surface area contributed by atoms with Crippen LogP contribution in [0.2, 0.25) is 0 Å². The summed E-state index contributed by atoms with van der Waals surface area (Å²) in [6.45, 7) is 0.0973. The van der Waals surface area contributed by atoms with E-state index in [0.29, 0.717) is 6.61 Å². The van der Waals surface area contributed by atoms with Crippen LogP contribution in [-0.4, -0.2) is 40.7 Å². The summed E-state index contributed by atoms with van der Waals surface area (Å²) in [6, 6.07) is 2.38. The molecule has 3 nitrogen and oxygen atoms in total. The zero-order chi connectivity index (χ0) is 19.7. The van der Waals surface area contributed by atoms with Gasteiger partial charge in [-0.25, -0.2) is 23.8 Å². The largest absolute Gasteiger partial charge is 0.434 e. The first-order valence-corrected chi connectivity index (χ1v) is 11.2. The van der Waals surface area contributed by atoms with Gasteiger partial charge in [0.05, 0.1) is 16.6 Å². The van der Waals surface area contributed by atoms with Crippen LogP contribution in [0.25, 0.3) is 11.4 Å². The molecule has 146 valence electrons. The average Bonchev–Trinajstić information content (AvgIpc) is 2.93. The molecular formula is C16H18BrF5N2OS. The Morgan fingerprint density at radius 1 is 1.15 bits per heavy atom. The highest BCUT2D eigenvalue weighted by atomic mass is 79.9. The summed E-state index contributed by atoms with van der Waals surface area (Å²) in [6.07, 6.45) is 2.28. The summed E-state index contributed by atoms with van der Waals surface area (Å²) in [7, 11) is -0.821. The highest BCUT2D eigenvalue weighted by Gasteiger charge is 2.35. The number of alkyl halides is 3. The predicted octanol–water partition coefficient (Wildman–Crippen LogP) is 5.28. The maximum Gasteiger partial charge on any atom is 0.434 e. The number of aromatic nitrogens is 2. The molecule has 0 atom stereocenters. The Kier molecular flexibility index (Phi) is 6.40. The van der Waals surface area contributed by atoms with Crippen LogP contribution in [0.15, 0.2) is 22.8 Å². The van der Waals surface area contributed by atoms with Crippen LogP contribution in [0.1, 0.15) is 5.69 Å². The molecule has 0 aliphatic carbocycles. The van der Waals surface area contributed by atoms with Gasteiger partial charge in [-0.15, -0.1) is 0 Å². The Balaban J connectivity index is 2.35. The van der Waals surface area contributed by atoms with Crippen LogP contribution in [0.5, 0.6) is 0 Å². The molecule has 2 aromatic rings. The number of hydrogen-bond acceptors (Lipinski definition) is 2. The second-order valence-corrected chi connectivity index (χ2v) is 11.9. The number of ether oxygens (including phenoxy) is 1. The summed E-state index contributed by atoms with van der Waals surface area (Å²) in [4.78, 5) is 3.45. The van der Waals surface area contributed by atoms with Crippen molar-refractivity contribution in [3.05, 3.63) is 40.1 Å². The van der Waals surface area contributed by atoms with Crippen molar-refractivity contribution in [2.24, 2.45) is 0 Å². The second-order valence-electron chi connectivity index (χ2n) is 6.47. The van der Waals surface area contributed by atoms with E-state index in [-0.39, 0.29) is 22.6 Å². The van der Waals surface area contributed by atoms with Crippen LogP contribution in [-0.2, 0) is 17.6 Å². The monoisotopic (exact) mass is 460 g/mol. The molecule has 1 aromatic carbocycles. The van der Waals surface area contributed by atoms with Gasteiger partial charge in [0.25, 0.3) is 0 Å². The first-order chi connectivity index (χ1) is 11.9. The molecule has 26 heavy (non-hydrogen) atoms. The van der Waals surface area contributed by atoms with E-state index >= 15 is 0 Å². The van der Waals surface area contributed by atoms with Crippen LogP contribution < -0.4 is 0 Å². The molecule has 0 aliphatic rings. The minimum absolute atomic E-state index is 0.127. The fourth-order valence-electron chi connectivity index (χ4n) is 2.04. The zero-order valence-corrected chi connectivity index (χ0v) is 16.7. The summed E-state index contributed by atoms with van der Waals surface area (Å²) >= 11 is 2.83. The maximum atomic E-state index is 14.2. The highest BCUT2D eigenvalue weighted by molar-refractivity contribution is 9.10. The van der Waals surface area contributed by atoms with E-state index in [9.17, 15) is 22.0 Å². The number of rotatable bonds is 6. The lowest BCUT2D eigenvalue weighted by Crippen LogP contribution is -2.10. The van der Waals surface area contributed by atoms with Gasteiger partial charge in [0.2, 0.25) is 0 Å². The molecule has 1 aromatic heterocycles. The minimum Gasteiger partial charge on any atom is -0.360 e. The van der Waals surface area contributed by atoms with Crippen LogP contribution >= 0.6 is 26.0 Å². The topological polar surface area (TPSA) is 27.1 Å². The molecule has 0 saturated heterocycles. The van der Waals surface area contributed by atoms with Crippen molar-refractivity contribution in [1.82, 2.24) is 9.55 Å². The third-order valence-electron chi connectivity index (χ3n) is 3.41. The smallest absolute Gasteiger partial charge is 0.360 e. The molecule has 0 N–H and O–H groups in total. The lowest BCUT2D eigenvalue weighted by molar-refractivity contribution is -0.141. The number of benzene rings is 1. The number of imidazole rings is 1. The van der Waals surface area contributed by atoms with Gasteiger partial charge in [0.1, 0.15) is 12.6 Å². The van der Waals surface area contributed by atoms with Gasteiger partial charge in [-0.1, -0.05) is 0 Å². The molecule has 0 fully saturated rings. The fourth-order valence-corrected chi connectivity index (χ4v) is 2.96. The van der Waals surface area contributed by atoms with E-state index in [4.69, 9.17) is 4.74 Å². The fraction of sp³-hybridized carbons (Fsp3) is 0.438. The Bertz CT molecular complexity index is 786.